The molecule has 1 N–H and O–H groups in total. The molecule has 6 heteroatoms. The fourth-order valence-electron chi connectivity index (χ4n) is 5.27. The molecule has 5 nitrogen and oxygen atoms in total. The fourth-order valence-corrected chi connectivity index (χ4v) is 5.76. The molecule has 0 unspecified atom stereocenters. The Morgan fingerprint density at radius 2 is 1.86 bits per heavy atom. The molecule has 0 radical (unpaired) electrons. The van der Waals surface area contributed by atoms with Gasteiger partial charge in [-0.3, -0.25) is 9.59 Å². The lowest BCUT2D eigenvalue weighted by atomic mass is 9.92. The van der Waals surface area contributed by atoms with Gasteiger partial charge in [0.15, 0.2) is 0 Å². The minimum atomic E-state index is -0.494. The van der Waals surface area contributed by atoms with Gasteiger partial charge in [0.2, 0.25) is 5.91 Å². The molecule has 2 amide bonds. The number of amides is 2. The molecular weight excluding hydrogens is 480 g/mol. The zero-order valence-electron chi connectivity index (χ0n) is 22.6. The maximum absolute atomic E-state index is 13.3. The third-order valence-electron chi connectivity index (χ3n) is 7.38. The standard InChI is InChI=1S/C31H42N2O3S/c1-4-30(35)33(26-13-6-5-7-14-26)19-10-12-24-16-17-28(31(36)32-25(22-34)18-20-37-3)29(21-24)27-15-9-8-11-23(27)2/h8-9,11,15-17,21-22,25-26H,4-7,10,12-14,18-20H2,1-3H3,(H,32,36)/t25-/m0/s1. The van der Waals surface area contributed by atoms with E-state index in [1.807, 2.05) is 43.5 Å². The van der Waals surface area contributed by atoms with Crippen LogP contribution in [0.4, 0.5) is 0 Å². The largest absolute Gasteiger partial charge is 0.342 e. The van der Waals surface area contributed by atoms with Crippen molar-refractivity contribution >= 4 is 29.9 Å². The lowest BCUT2D eigenvalue weighted by Gasteiger charge is -2.34. The van der Waals surface area contributed by atoms with E-state index < -0.39 is 6.04 Å². The van der Waals surface area contributed by atoms with Crippen LogP contribution in [0.25, 0.3) is 11.1 Å². The van der Waals surface area contributed by atoms with Crippen LogP contribution in [0, 0.1) is 6.92 Å². The number of benzene rings is 2. The SMILES string of the molecule is CCC(=O)N(CCCc1ccc(C(=O)N[C@H](C=O)CCSC)c(-c2ccccc2C)c1)C1CCCCC1. The third kappa shape index (κ3) is 8.19. The van der Waals surface area contributed by atoms with Crippen molar-refractivity contribution in [2.45, 2.75) is 83.7 Å². The number of nitrogens with zero attached hydrogens (tertiary/aromatic N) is 1. The molecule has 0 heterocycles. The molecule has 1 aliphatic carbocycles. The van der Waals surface area contributed by atoms with E-state index in [4.69, 9.17) is 0 Å². The molecule has 0 saturated heterocycles. The molecule has 1 saturated carbocycles. The van der Waals surface area contributed by atoms with E-state index in [9.17, 15) is 14.4 Å². The molecule has 2 aromatic carbocycles. The number of carbonyl (C=O) groups excluding carboxylic acids is 3. The first-order chi connectivity index (χ1) is 18.0. The van der Waals surface area contributed by atoms with E-state index in [1.54, 1.807) is 11.8 Å². The molecule has 37 heavy (non-hydrogen) atoms. The van der Waals surface area contributed by atoms with Gasteiger partial charge in [-0.1, -0.05) is 62.6 Å². The Morgan fingerprint density at radius 3 is 2.54 bits per heavy atom. The normalized spacial score (nSPS) is 14.7. The van der Waals surface area contributed by atoms with Crippen LogP contribution in [-0.4, -0.2) is 53.6 Å². The number of thioether (sulfide) groups is 1. The zero-order valence-corrected chi connectivity index (χ0v) is 23.4. The molecule has 2 aromatic rings. The number of aryl methyl sites for hydroxylation is 2. The molecule has 0 bridgehead atoms. The number of hydrogen-bond acceptors (Lipinski definition) is 4. The number of carbonyl (C=O) groups is 3. The van der Waals surface area contributed by atoms with Crippen molar-refractivity contribution in [1.82, 2.24) is 10.2 Å². The van der Waals surface area contributed by atoms with Gasteiger partial charge in [0.25, 0.3) is 5.91 Å². The van der Waals surface area contributed by atoms with E-state index in [-0.39, 0.29) is 11.8 Å². The first kappa shape index (κ1) is 29.0. The highest BCUT2D eigenvalue weighted by molar-refractivity contribution is 7.98. The summed E-state index contributed by atoms with van der Waals surface area (Å²) in [6, 6.07) is 14.0. The van der Waals surface area contributed by atoms with E-state index in [2.05, 4.69) is 29.3 Å². The van der Waals surface area contributed by atoms with Gasteiger partial charge in [-0.15, -0.1) is 0 Å². The predicted octanol–water partition coefficient (Wildman–Crippen LogP) is 6.22. The zero-order chi connectivity index (χ0) is 26.6. The van der Waals surface area contributed by atoms with Crippen molar-refractivity contribution in [2.75, 3.05) is 18.6 Å². The second-order valence-corrected chi connectivity index (χ2v) is 11.0. The lowest BCUT2D eigenvalue weighted by molar-refractivity contribution is -0.134. The Morgan fingerprint density at radius 1 is 1.11 bits per heavy atom. The van der Waals surface area contributed by atoms with Gasteiger partial charge >= 0.3 is 0 Å². The van der Waals surface area contributed by atoms with E-state index in [0.717, 1.165) is 66.5 Å². The fraction of sp³-hybridized carbons (Fsp3) is 0.516. The molecule has 0 aromatic heterocycles. The van der Waals surface area contributed by atoms with E-state index in [0.29, 0.717) is 24.4 Å². The first-order valence-corrected chi connectivity index (χ1v) is 15.1. The Bertz CT molecular complexity index is 1050. The molecular formula is C31H42N2O3S. The van der Waals surface area contributed by atoms with Crippen LogP contribution in [0.1, 0.15) is 79.8 Å². The molecule has 1 aliphatic rings. The van der Waals surface area contributed by atoms with Crippen LogP contribution in [0.3, 0.4) is 0 Å². The van der Waals surface area contributed by atoms with E-state index >= 15 is 0 Å². The smallest absolute Gasteiger partial charge is 0.252 e. The van der Waals surface area contributed by atoms with Gasteiger partial charge in [-0.2, -0.15) is 11.8 Å². The Labute approximate surface area is 226 Å². The van der Waals surface area contributed by atoms with Crippen molar-refractivity contribution in [3.8, 4) is 11.1 Å². The number of aldehydes is 1. The number of nitrogens with one attached hydrogen (secondary N) is 1. The van der Waals surface area contributed by atoms with Crippen molar-refractivity contribution in [2.24, 2.45) is 0 Å². The maximum Gasteiger partial charge on any atom is 0.252 e. The van der Waals surface area contributed by atoms with Gasteiger partial charge in [0.1, 0.15) is 6.29 Å². The molecule has 3 rings (SSSR count). The predicted molar refractivity (Wildman–Crippen MR) is 154 cm³/mol. The van der Waals surface area contributed by atoms with Gasteiger partial charge in [0.05, 0.1) is 6.04 Å². The summed E-state index contributed by atoms with van der Waals surface area (Å²) in [6.07, 6.45) is 11.6. The van der Waals surface area contributed by atoms with Gasteiger partial charge in [-0.05, 0) is 79.4 Å². The topological polar surface area (TPSA) is 66.5 Å². The molecule has 0 aliphatic heterocycles. The van der Waals surface area contributed by atoms with Crippen LogP contribution >= 0.6 is 11.8 Å². The monoisotopic (exact) mass is 522 g/mol. The Hall–Kier alpha value is -2.60. The number of rotatable bonds is 13. The Balaban J connectivity index is 1.79. The third-order valence-corrected chi connectivity index (χ3v) is 8.02. The van der Waals surface area contributed by atoms with E-state index in [1.165, 1.54) is 19.3 Å². The quantitative estimate of drug-likeness (QED) is 0.317. The summed E-state index contributed by atoms with van der Waals surface area (Å²) < 4.78 is 0. The maximum atomic E-state index is 13.3. The van der Waals surface area contributed by atoms with Crippen LogP contribution in [0.15, 0.2) is 42.5 Å². The Kier molecular flexibility index (Phi) is 11.7. The highest BCUT2D eigenvalue weighted by Gasteiger charge is 2.24. The minimum Gasteiger partial charge on any atom is -0.342 e. The van der Waals surface area contributed by atoms with Crippen molar-refractivity contribution < 1.29 is 14.4 Å². The minimum absolute atomic E-state index is 0.222. The average molecular weight is 523 g/mol. The average Bonchev–Trinajstić information content (AvgIpc) is 2.93. The summed E-state index contributed by atoms with van der Waals surface area (Å²) in [6.45, 7) is 4.77. The summed E-state index contributed by atoms with van der Waals surface area (Å²) in [4.78, 5) is 39.6. The summed E-state index contributed by atoms with van der Waals surface area (Å²) in [5.74, 6) is 0.844. The summed E-state index contributed by atoms with van der Waals surface area (Å²) in [5, 5.41) is 2.92. The second kappa shape index (κ2) is 15.0. The van der Waals surface area contributed by atoms with Crippen LogP contribution < -0.4 is 5.32 Å². The summed E-state index contributed by atoms with van der Waals surface area (Å²) in [5.41, 5.74) is 4.73. The van der Waals surface area contributed by atoms with Gasteiger partial charge < -0.3 is 15.0 Å². The second-order valence-electron chi connectivity index (χ2n) is 10.0. The lowest BCUT2D eigenvalue weighted by Crippen LogP contribution is -2.41. The van der Waals surface area contributed by atoms with Crippen molar-refractivity contribution in [3.05, 3.63) is 59.2 Å². The summed E-state index contributed by atoms with van der Waals surface area (Å²) >= 11 is 1.66. The van der Waals surface area contributed by atoms with Gasteiger partial charge in [-0.25, -0.2) is 0 Å². The summed E-state index contributed by atoms with van der Waals surface area (Å²) in [7, 11) is 0. The first-order valence-electron chi connectivity index (χ1n) is 13.7. The van der Waals surface area contributed by atoms with Crippen LogP contribution in [0.5, 0.6) is 0 Å². The molecule has 1 atom stereocenters. The highest BCUT2D eigenvalue weighted by Crippen LogP contribution is 2.29. The molecule has 200 valence electrons. The van der Waals surface area contributed by atoms with Crippen LogP contribution in [-0.2, 0) is 16.0 Å². The molecule has 0 spiro atoms. The molecule has 1 fully saturated rings. The van der Waals surface area contributed by atoms with Gasteiger partial charge in [0, 0.05) is 24.6 Å². The number of hydrogen-bond donors (Lipinski definition) is 1. The van der Waals surface area contributed by atoms with Crippen LogP contribution in [0.2, 0.25) is 0 Å². The van der Waals surface area contributed by atoms with Crippen molar-refractivity contribution in [1.29, 1.82) is 0 Å². The highest BCUT2D eigenvalue weighted by atomic mass is 32.2. The van der Waals surface area contributed by atoms with Crippen molar-refractivity contribution in [3.63, 3.8) is 0 Å².